The van der Waals surface area contributed by atoms with E-state index in [0.717, 1.165) is 18.7 Å². The lowest BCUT2D eigenvalue weighted by Crippen LogP contribution is -2.35. The van der Waals surface area contributed by atoms with Crippen LogP contribution in [-0.2, 0) is 4.79 Å². The average Bonchev–Trinajstić information content (AvgIpc) is 2.98. The van der Waals surface area contributed by atoms with Crippen molar-refractivity contribution in [3.05, 3.63) is 22.4 Å². The number of hydrogen-bond donors (Lipinski definition) is 1. The van der Waals surface area contributed by atoms with Gasteiger partial charge in [-0.2, -0.15) is 11.8 Å². The third-order valence-corrected chi connectivity index (χ3v) is 5.05. The van der Waals surface area contributed by atoms with E-state index < -0.39 is 0 Å². The molecular formula is C14H22N2OS2. The van der Waals surface area contributed by atoms with Crippen LogP contribution in [0.1, 0.15) is 31.3 Å². The number of thioether (sulfide) groups is 1. The summed E-state index contributed by atoms with van der Waals surface area (Å²) in [6.07, 6.45) is 3.24. The van der Waals surface area contributed by atoms with E-state index in [1.54, 1.807) is 11.3 Å². The molecule has 0 bridgehead atoms. The van der Waals surface area contributed by atoms with Crippen molar-refractivity contribution in [3.63, 3.8) is 0 Å². The highest BCUT2D eigenvalue weighted by atomic mass is 32.2. The maximum absolute atomic E-state index is 12.5. The fourth-order valence-electron chi connectivity index (χ4n) is 2.42. The van der Waals surface area contributed by atoms with Gasteiger partial charge in [0.25, 0.3) is 0 Å². The Hall–Kier alpha value is -0.520. The largest absolute Gasteiger partial charge is 0.321 e. The highest BCUT2D eigenvalue weighted by Crippen LogP contribution is 2.30. The van der Waals surface area contributed by atoms with Crippen LogP contribution >= 0.6 is 23.1 Å². The molecule has 0 aliphatic carbocycles. The molecule has 0 spiro atoms. The Kier molecular flexibility index (Phi) is 5.30. The molecule has 0 saturated carbocycles. The van der Waals surface area contributed by atoms with Gasteiger partial charge in [-0.3, -0.25) is 10.1 Å². The number of carbonyl (C=O) groups excluding carboxylic acids is 1. The van der Waals surface area contributed by atoms with Crippen LogP contribution in [0.15, 0.2) is 17.5 Å². The number of rotatable bonds is 6. The summed E-state index contributed by atoms with van der Waals surface area (Å²) >= 11 is 3.55. The minimum Gasteiger partial charge on any atom is -0.321 e. The van der Waals surface area contributed by atoms with Gasteiger partial charge in [0.05, 0.1) is 6.04 Å². The normalized spacial score (nSPS) is 23.6. The van der Waals surface area contributed by atoms with Crippen LogP contribution in [0.3, 0.4) is 0 Å². The molecule has 2 unspecified atom stereocenters. The second-order valence-corrected chi connectivity index (χ2v) is 7.15. The van der Waals surface area contributed by atoms with Gasteiger partial charge in [-0.15, -0.1) is 11.3 Å². The molecule has 106 valence electrons. The van der Waals surface area contributed by atoms with Gasteiger partial charge in [-0.25, -0.2) is 0 Å². The lowest BCUT2D eigenvalue weighted by molar-refractivity contribution is -0.130. The minimum atomic E-state index is -0.0404. The Bertz CT molecular complexity index is 406. The monoisotopic (exact) mass is 298 g/mol. The first-order valence-electron chi connectivity index (χ1n) is 6.74. The Labute approximate surface area is 123 Å². The van der Waals surface area contributed by atoms with E-state index in [4.69, 9.17) is 0 Å². The molecule has 1 aromatic rings. The van der Waals surface area contributed by atoms with Crippen LogP contribution in [-0.4, -0.2) is 35.4 Å². The lowest BCUT2D eigenvalue weighted by atomic mass is 10.1. The molecule has 2 rings (SSSR count). The summed E-state index contributed by atoms with van der Waals surface area (Å²) in [5.41, 5.74) is 0. The Morgan fingerprint density at radius 2 is 2.32 bits per heavy atom. The van der Waals surface area contributed by atoms with Crippen molar-refractivity contribution >= 4 is 29.0 Å². The van der Waals surface area contributed by atoms with Gasteiger partial charge in [0, 0.05) is 11.4 Å². The highest BCUT2D eigenvalue weighted by Gasteiger charge is 2.40. The van der Waals surface area contributed by atoms with Crippen LogP contribution in [0.25, 0.3) is 0 Å². The third kappa shape index (κ3) is 3.33. The second-order valence-electron chi connectivity index (χ2n) is 5.18. The van der Waals surface area contributed by atoms with E-state index in [1.807, 2.05) is 16.7 Å². The van der Waals surface area contributed by atoms with Gasteiger partial charge >= 0.3 is 0 Å². The summed E-state index contributed by atoms with van der Waals surface area (Å²) in [5, 5.41) is 5.57. The van der Waals surface area contributed by atoms with Crippen molar-refractivity contribution in [1.29, 1.82) is 0 Å². The Morgan fingerprint density at radius 3 is 2.89 bits per heavy atom. The topological polar surface area (TPSA) is 32.3 Å². The molecule has 2 heterocycles. The van der Waals surface area contributed by atoms with Crippen LogP contribution in [0.5, 0.6) is 0 Å². The molecule has 3 nitrogen and oxygen atoms in total. The van der Waals surface area contributed by atoms with Crippen LogP contribution < -0.4 is 5.32 Å². The van der Waals surface area contributed by atoms with Crippen molar-refractivity contribution < 1.29 is 4.79 Å². The van der Waals surface area contributed by atoms with E-state index in [2.05, 4.69) is 42.9 Å². The predicted molar refractivity (Wildman–Crippen MR) is 83.5 cm³/mol. The van der Waals surface area contributed by atoms with E-state index >= 15 is 0 Å². The fraction of sp³-hybridized carbons (Fsp3) is 0.643. The van der Waals surface area contributed by atoms with Gasteiger partial charge in [0.1, 0.15) is 6.17 Å². The minimum absolute atomic E-state index is 0.0404. The van der Waals surface area contributed by atoms with Gasteiger partial charge in [-0.05, 0) is 35.8 Å². The summed E-state index contributed by atoms with van der Waals surface area (Å²) in [7, 11) is 0. The molecular weight excluding hydrogens is 276 g/mol. The first-order chi connectivity index (χ1) is 9.15. The molecule has 1 aromatic heterocycles. The standard InChI is InChI=1S/C14H22N2OS2/c1-10(2)12-14(17)16(7-5-8-18-3)13(15-12)11-6-4-9-19-11/h4,6,9-10,12-13,15H,5,7-8H2,1-3H3. The van der Waals surface area contributed by atoms with Crippen LogP contribution in [0.2, 0.25) is 0 Å². The van der Waals surface area contributed by atoms with Crippen molar-refractivity contribution in [2.24, 2.45) is 5.92 Å². The SMILES string of the molecule is CSCCCN1C(=O)C(C(C)C)NC1c1cccs1. The van der Waals surface area contributed by atoms with Crippen molar-refractivity contribution in [2.75, 3.05) is 18.6 Å². The zero-order valence-corrected chi connectivity index (χ0v) is 13.4. The van der Waals surface area contributed by atoms with Gasteiger partial charge < -0.3 is 4.90 Å². The number of nitrogens with zero attached hydrogens (tertiary/aromatic N) is 1. The number of thiophene rings is 1. The predicted octanol–water partition coefficient (Wildman–Crippen LogP) is 2.96. The van der Waals surface area contributed by atoms with E-state index in [-0.39, 0.29) is 18.1 Å². The van der Waals surface area contributed by atoms with Crippen LogP contribution in [0.4, 0.5) is 0 Å². The lowest BCUT2D eigenvalue weighted by Gasteiger charge is -2.23. The summed E-state index contributed by atoms with van der Waals surface area (Å²) in [5.74, 6) is 1.70. The second kappa shape index (κ2) is 6.77. The summed E-state index contributed by atoms with van der Waals surface area (Å²) in [6, 6.07) is 4.12. The van der Waals surface area contributed by atoms with Gasteiger partial charge in [0.15, 0.2) is 0 Å². The zero-order chi connectivity index (χ0) is 13.8. The number of amides is 1. The van der Waals surface area contributed by atoms with E-state index in [0.29, 0.717) is 5.92 Å². The average molecular weight is 298 g/mol. The molecule has 0 radical (unpaired) electrons. The summed E-state index contributed by atoms with van der Waals surface area (Å²) in [4.78, 5) is 15.8. The highest BCUT2D eigenvalue weighted by molar-refractivity contribution is 7.98. The number of nitrogens with one attached hydrogen (secondary N) is 1. The molecule has 1 aliphatic rings. The molecule has 2 atom stereocenters. The van der Waals surface area contributed by atoms with Gasteiger partial charge in [-0.1, -0.05) is 19.9 Å². The number of hydrogen-bond acceptors (Lipinski definition) is 4. The molecule has 1 saturated heterocycles. The molecule has 0 aromatic carbocycles. The fourth-order valence-corrected chi connectivity index (χ4v) is 3.63. The Morgan fingerprint density at radius 1 is 1.53 bits per heavy atom. The van der Waals surface area contributed by atoms with E-state index in [1.165, 1.54) is 4.88 Å². The molecule has 1 fully saturated rings. The van der Waals surface area contributed by atoms with Crippen molar-refractivity contribution in [2.45, 2.75) is 32.5 Å². The molecule has 19 heavy (non-hydrogen) atoms. The first-order valence-corrected chi connectivity index (χ1v) is 9.01. The molecule has 5 heteroatoms. The quantitative estimate of drug-likeness (QED) is 0.820. The van der Waals surface area contributed by atoms with Gasteiger partial charge in [0.2, 0.25) is 5.91 Å². The number of carbonyl (C=O) groups is 1. The summed E-state index contributed by atoms with van der Waals surface area (Å²) in [6.45, 7) is 5.05. The van der Waals surface area contributed by atoms with Crippen molar-refractivity contribution in [3.8, 4) is 0 Å². The van der Waals surface area contributed by atoms with E-state index in [9.17, 15) is 4.79 Å². The molecule has 1 aliphatic heterocycles. The zero-order valence-electron chi connectivity index (χ0n) is 11.8. The molecule has 1 N–H and O–H groups in total. The van der Waals surface area contributed by atoms with Crippen molar-refractivity contribution in [1.82, 2.24) is 10.2 Å². The maximum atomic E-state index is 12.5. The first kappa shape index (κ1) is 14.9. The third-order valence-electron chi connectivity index (χ3n) is 3.43. The smallest absolute Gasteiger partial charge is 0.241 e. The maximum Gasteiger partial charge on any atom is 0.241 e. The molecule has 1 amide bonds. The van der Waals surface area contributed by atoms with Crippen LogP contribution in [0, 0.1) is 5.92 Å². The summed E-state index contributed by atoms with van der Waals surface area (Å²) < 4.78 is 0. The Balaban J connectivity index is 2.12.